The van der Waals surface area contributed by atoms with Crippen molar-refractivity contribution in [1.82, 2.24) is 9.36 Å². The molecule has 1 heterocycles. The number of aromatic nitrogens is 2. The summed E-state index contributed by atoms with van der Waals surface area (Å²) < 4.78 is 15.3. The van der Waals surface area contributed by atoms with E-state index in [-0.39, 0.29) is 12.2 Å². The molecule has 0 amide bonds. The van der Waals surface area contributed by atoms with Crippen LogP contribution in [0.25, 0.3) is 5.69 Å². The number of halogens is 1. The molecule has 37 heavy (non-hydrogen) atoms. The van der Waals surface area contributed by atoms with Gasteiger partial charge in [0.25, 0.3) is 5.56 Å². The van der Waals surface area contributed by atoms with E-state index in [2.05, 4.69) is 26.1 Å². The molecule has 0 aliphatic rings. The first-order chi connectivity index (χ1) is 18.0. The molecule has 0 atom stereocenters. The number of nitrogens with two attached hydrogens (primary N) is 1. The Kier molecular flexibility index (Phi) is 8.86. The Morgan fingerprint density at radius 1 is 1.05 bits per heavy atom. The van der Waals surface area contributed by atoms with Gasteiger partial charge in [-0.3, -0.25) is 9.48 Å². The fourth-order valence-corrected chi connectivity index (χ4v) is 4.73. The van der Waals surface area contributed by atoms with Gasteiger partial charge in [0.2, 0.25) is 0 Å². The summed E-state index contributed by atoms with van der Waals surface area (Å²) in [7, 11) is 3.38. The topological polar surface area (TPSA) is 96.1 Å². The van der Waals surface area contributed by atoms with E-state index in [0.717, 1.165) is 17.0 Å². The van der Waals surface area contributed by atoms with E-state index in [9.17, 15) is 4.79 Å². The number of ether oxygens (including phenoxy) is 2. The highest BCUT2D eigenvalue weighted by molar-refractivity contribution is 9.10. The summed E-state index contributed by atoms with van der Waals surface area (Å²) >= 11 is 4.85. The largest absolute Gasteiger partial charge is 0.493 e. The van der Waals surface area contributed by atoms with Gasteiger partial charge in [0.05, 0.1) is 24.7 Å². The van der Waals surface area contributed by atoms with Crippen molar-refractivity contribution in [3.05, 3.63) is 111 Å². The van der Waals surface area contributed by atoms with E-state index in [4.69, 9.17) is 15.2 Å². The summed E-state index contributed by atoms with van der Waals surface area (Å²) in [4.78, 5) is 12.8. The Balaban J connectivity index is 1.43. The van der Waals surface area contributed by atoms with Gasteiger partial charge < -0.3 is 15.2 Å². The standard InChI is InChI=1S/C27H26BrN5O3S/c1-32-22(25(28)26(34)33(32)21-11-7-4-8-12-21)17-36-23-14-13-20(15-24(23)35-2)16-30-31-27(29)37-18-19-9-5-3-6-10-19/h3-16H,17-18H2,1-2H3,(H2,29,31). The third-order valence-corrected chi connectivity index (χ3v) is 7.12. The number of methoxy groups -OCH3 is 1. The van der Waals surface area contributed by atoms with Crippen molar-refractivity contribution < 1.29 is 9.47 Å². The quantitative estimate of drug-likeness (QED) is 0.169. The highest BCUT2D eigenvalue weighted by atomic mass is 79.9. The highest BCUT2D eigenvalue weighted by Gasteiger charge is 2.18. The van der Waals surface area contributed by atoms with Crippen LogP contribution in [0.15, 0.2) is 98.3 Å². The van der Waals surface area contributed by atoms with Gasteiger partial charge in [0, 0.05) is 12.8 Å². The lowest BCUT2D eigenvalue weighted by Crippen LogP contribution is -2.19. The Hall–Kier alpha value is -3.76. The molecule has 0 aliphatic heterocycles. The van der Waals surface area contributed by atoms with Gasteiger partial charge in [-0.1, -0.05) is 60.3 Å². The van der Waals surface area contributed by atoms with Crippen LogP contribution in [-0.4, -0.2) is 27.9 Å². The number of hydrogen-bond donors (Lipinski definition) is 1. The molecule has 190 valence electrons. The molecule has 4 rings (SSSR count). The number of thioether (sulfide) groups is 1. The predicted molar refractivity (Wildman–Crippen MR) is 153 cm³/mol. The third kappa shape index (κ3) is 6.52. The zero-order valence-corrected chi connectivity index (χ0v) is 22.8. The van der Waals surface area contributed by atoms with Crippen LogP contribution < -0.4 is 20.8 Å². The number of hydrogen-bond acceptors (Lipinski definition) is 6. The average Bonchev–Trinajstić information content (AvgIpc) is 3.14. The van der Waals surface area contributed by atoms with Crippen LogP contribution in [-0.2, 0) is 19.4 Å². The molecule has 0 radical (unpaired) electrons. The van der Waals surface area contributed by atoms with E-state index >= 15 is 0 Å². The fraction of sp³-hybridized carbons (Fsp3) is 0.148. The van der Waals surface area contributed by atoms with Crippen molar-refractivity contribution in [3.63, 3.8) is 0 Å². The van der Waals surface area contributed by atoms with Gasteiger partial charge in [0.15, 0.2) is 16.7 Å². The molecular formula is C27H26BrN5O3S. The number of para-hydroxylation sites is 1. The maximum Gasteiger partial charge on any atom is 0.286 e. The van der Waals surface area contributed by atoms with Gasteiger partial charge in [-0.25, -0.2) is 4.68 Å². The minimum absolute atomic E-state index is 0.160. The molecule has 8 nitrogen and oxygen atoms in total. The van der Waals surface area contributed by atoms with E-state index in [0.29, 0.717) is 26.8 Å². The lowest BCUT2D eigenvalue weighted by atomic mass is 10.2. The third-order valence-electron chi connectivity index (χ3n) is 5.47. The van der Waals surface area contributed by atoms with Crippen LogP contribution >= 0.6 is 27.7 Å². The van der Waals surface area contributed by atoms with Crippen molar-refractivity contribution in [3.8, 4) is 17.2 Å². The van der Waals surface area contributed by atoms with Crippen LogP contribution in [0.4, 0.5) is 0 Å². The zero-order chi connectivity index (χ0) is 26.2. The molecular weight excluding hydrogens is 554 g/mol. The molecule has 0 saturated carbocycles. The first-order valence-corrected chi connectivity index (χ1v) is 13.1. The minimum atomic E-state index is -0.160. The molecule has 3 aromatic carbocycles. The molecule has 10 heteroatoms. The summed E-state index contributed by atoms with van der Waals surface area (Å²) in [6.45, 7) is 0.162. The van der Waals surface area contributed by atoms with E-state index < -0.39 is 0 Å². The first kappa shape index (κ1) is 26.3. The molecule has 2 N–H and O–H groups in total. The van der Waals surface area contributed by atoms with Crippen molar-refractivity contribution in [2.24, 2.45) is 23.0 Å². The summed E-state index contributed by atoms with van der Waals surface area (Å²) in [5.74, 6) is 1.79. The molecule has 0 unspecified atom stereocenters. The first-order valence-electron chi connectivity index (χ1n) is 11.3. The van der Waals surface area contributed by atoms with Crippen molar-refractivity contribution >= 4 is 39.1 Å². The van der Waals surface area contributed by atoms with Gasteiger partial charge >= 0.3 is 0 Å². The molecule has 0 bridgehead atoms. The molecule has 1 aromatic heterocycles. The Labute approximate surface area is 227 Å². The van der Waals surface area contributed by atoms with Crippen LogP contribution in [0.3, 0.4) is 0 Å². The van der Waals surface area contributed by atoms with Gasteiger partial charge in [-0.05, 0) is 57.4 Å². The summed E-state index contributed by atoms with van der Waals surface area (Å²) in [5.41, 5.74) is 9.20. The van der Waals surface area contributed by atoms with Crippen LogP contribution in [0.1, 0.15) is 16.8 Å². The monoisotopic (exact) mass is 579 g/mol. The predicted octanol–water partition coefficient (Wildman–Crippen LogP) is 5.11. The Bertz CT molecular complexity index is 1470. The van der Waals surface area contributed by atoms with Crippen molar-refractivity contribution in [1.29, 1.82) is 0 Å². The molecule has 4 aromatic rings. The molecule has 0 saturated heterocycles. The lowest BCUT2D eigenvalue weighted by molar-refractivity contribution is 0.274. The van der Waals surface area contributed by atoms with E-state index in [1.807, 2.05) is 73.8 Å². The Morgan fingerprint density at radius 2 is 1.76 bits per heavy atom. The average molecular weight is 581 g/mol. The number of benzene rings is 3. The van der Waals surface area contributed by atoms with Crippen LogP contribution in [0.2, 0.25) is 0 Å². The minimum Gasteiger partial charge on any atom is -0.493 e. The highest BCUT2D eigenvalue weighted by Crippen LogP contribution is 2.29. The molecule has 0 aliphatic carbocycles. The normalized spacial score (nSPS) is 11.7. The number of nitrogens with zero attached hydrogens (tertiary/aromatic N) is 4. The number of amidine groups is 1. The molecule has 0 fully saturated rings. The fourth-order valence-electron chi connectivity index (χ4n) is 3.57. The second-order valence-electron chi connectivity index (χ2n) is 7.89. The van der Waals surface area contributed by atoms with Gasteiger partial charge in [-0.15, -0.1) is 5.10 Å². The van der Waals surface area contributed by atoms with Crippen LogP contribution in [0, 0.1) is 0 Å². The maximum atomic E-state index is 12.8. The van der Waals surface area contributed by atoms with E-state index in [1.54, 1.807) is 34.8 Å². The van der Waals surface area contributed by atoms with Crippen LogP contribution in [0.5, 0.6) is 11.5 Å². The summed E-state index contributed by atoms with van der Waals surface area (Å²) in [6, 6.07) is 24.9. The van der Waals surface area contributed by atoms with Gasteiger partial charge in [-0.2, -0.15) is 5.10 Å². The molecule has 0 spiro atoms. The Morgan fingerprint density at radius 3 is 2.46 bits per heavy atom. The van der Waals surface area contributed by atoms with Crippen molar-refractivity contribution in [2.45, 2.75) is 12.4 Å². The lowest BCUT2D eigenvalue weighted by Gasteiger charge is -2.13. The summed E-state index contributed by atoms with van der Waals surface area (Å²) in [5, 5.41) is 8.53. The maximum absolute atomic E-state index is 12.8. The second-order valence-corrected chi connectivity index (χ2v) is 9.68. The van der Waals surface area contributed by atoms with Crippen molar-refractivity contribution in [2.75, 3.05) is 7.11 Å². The smallest absolute Gasteiger partial charge is 0.286 e. The van der Waals surface area contributed by atoms with Gasteiger partial charge in [0.1, 0.15) is 11.1 Å². The SMILES string of the molecule is COc1cc(C=NN=C(N)SCc2ccccc2)ccc1OCc1c(Br)c(=O)n(-c2ccccc2)n1C. The van der Waals surface area contributed by atoms with E-state index in [1.165, 1.54) is 17.3 Å². The second kappa shape index (κ2) is 12.5. The number of rotatable bonds is 9. The zero-order valence-electron chi connectivity index (χ0n) is 20.4. The summed E-state index contributed by atoms with van der Waals surface area (Å²) in [6.07, 6.45) is 1.60.